The van der Waals surface area contributed by atoms with E-state index in [1.807, 2.05) is 6.08 Å². The molecule has 0 radical (unpaired) electrons. The van der Waals surface area contributed by atoms with E-state index in [9.17, 15) is 4.39 Å². The van der Waals surface area contributed by atoms with Crippen LogP contribution in [-0.2, 0) is 0 Å². The van der Waals surface area contributed by atoms with Gasteiger partial charge in [0.1, 0.15) is 6.67 Å². The average molecular weight is 209 g/mol. The molecule has 0 bridgehead atoms. The molecule has 0 heterocycles. The number of halogens is 2. The SMILES string of the molecule is CCC(C)CC=C(Br)CF. The Labute approximate surface area is 70.6 Å². The Morgan fingerprint density at radius 3 is 2.70 bits per heavy atom. The molecule has 60 valence electrons. The van der Waals surface area contributed by atoms with Crippen LogP contribution in [0.4, 0.5) is 4.39 Å². The van der Waals surface area contributed by atoms with E-state index < -0.39 is 0 Å². The van der Waals surface area contributed by atoms with Crippen molar-refractivity contribution in [2.24, 2.45) is 5.92 Å². The van der Waals surface area contributed by atoms with E-state index in [2.05, 4.69) is 29.8 Å². The monoisotopic (exact) mass is 208 g/mol. The van der Waals surface area contributed by atoms with Gasteiger partial charge in [-0.25, -0.2) is 4.39 Å². The molecule has 0 aliphatic heterocycles. The molecular weight excluding hydrogens is 195 g/mol. The van der Waals surface area contributed by atoms with Crippen LogP contribution in [0.3, 0.4) is 0 Å². The molecule has 0 amide bonds. The van der Waals surface area contributed by atoms with Crippen molar-refractivity contribution in [3.63, 3.8) is 0 Å². The van der Waals surface area contributed by atoms with Gasteiger partial charge in [-0.15, -0.1) is 0 Å². The summed E-state index contributed by atoms with van der Waals surface area (Å²) in [6.45, 7) is 3.92. The van der Waals surface area contributed by atoms with Gasteiger partial charge in [-0.2, -0.15) is 0 Å². The summed E-state index contributed by atoms with van der Waals surface area (Å²) in [4.78, 5) is 0. The number of allylic oxidation sites excluding steroid dienone is 2. The Kier molecular flexibility index (Phi) is 5.99. The molecule has 2 heteroatoms. The van der Waals surface area contributed by atoms with Crippen LogP contribution in [0.2, 0.25) is 0 Å². The molecule has 0 saturated heterocycles. The van der Waals surface area contributed by atoms with Crippen molar-refractivity contribution in [2.75, 3.05) is 6.67 Å². The molecule has 10 heavy (non-hydrogen) atoms. The fraction of sp³-hybridized carbons (Fsp3) is 0.750. The number of rotatable bonds is 4. The van der Waals surface area contributed by atoms with Crippen molar-refractivity contribution < 1.29 is 4.39 Å². The van der Waals surface area contributed by atoms with Gasteiger partial charge >= 0.3 is 0 Å². The van der Waals surface area contributed by atoms with E-state index in [0.717, 1.165) is 12.8 Å². The summed E-state index contributed by atoms with van der Waals surface area (Å²) in [6, 6.07) is 0. The molecule has 0 N–H and O–H groups in total. The van der Waals surface area contributed by atoms with Gasteiger partial charge in [-0.3, -0.25) is 0 Å². The average Bonchev–Trinajstić information content (AvgIpc) is 1.99. The maximum atomic E-state index is 11.8. The Bertz CT molecular complexity index is 110. The van der Waals surface area contributed by atoms with E-state index in [4.69, 9.17) is 0 Å². The standard InChI is InChI=1S/C8H14BrF/c1-3-7(2)4-5-8(9)6-10/h5,7H,3-4,6H2,1-2H3. The molecule has 0 spiro atoms. The first-order valence-corrected chi connectivity index (χ1v) is 4.40. The third-order valence-corrected chi connectivity index (χ3v) is 2.10. The predicted molar refractivity (Wildman–Crippen MR) is 47.1 cm³/mol. The van der Waals surface area contributed by atoms with E-state index in [1.54, 1.807) is 0 Å². The molecular formula is C8H14BrF. The van der Waals surface area contributed by atoms with Crippen LogP contribution < -0.4 is 0 Å². The van der Waals surface area contributed by atoms with E-state index in [-0.39, 0.29) is 6.67 Å². The molecule has 0 aliphatic rings. The van der Waals surface area contributed by atoms with Gasteiger partial charge in [0.05, 0.1) is 0 Å². The number of hydrogen-bond acceptors (Lipinski definition) is 0. The van der Waals surface area contributed by atoms with Crippen molar-refractivity contribution in [3.8, 4) is 0 Å². The molecule has 1 unspecified atom stereocenters. The predicted octanol–water partition coefficient (Wildman–Crippen LogP) is 3.67. The Balaban J connectivity index is 3.50. The molecule has 1 atom stereocenters. The molecule has 0 aromatic carbocycles. The second kappa shape index (κ2) is 5.90. The molecule has 0 saturated carbocycles. The van der Waals surface area contributed by atoms with Crippen LogP contribution in [0.15, 0.2) is 10.6 Å². The van der Waals surface area contributed by atoms with Gasteiger partial charge in [0, 0.05) is 4.48 Å². The lowest BCUT2D eigenvalue weighted by molar-refractivity contribution is 0.546. The molecule has 0 nitrogen and oxygen atoms in total. The van der Waals surface area contributed by atoms with Gasteiger partial charge < -0.3 is 0 Å². The maximum absolute atomic E-state index is 11.8. The van der Waals surface area contributed by atoms with E-state index in [1.165, 1.54) is 0 Å². The molecule has 0 aromatic heterocycles. The van der Waals surface area contributed by atoms with Gasteiger partial charge in [0.25, 0.3) is 0 Å². The third kappa shape index (κ3) is 4.98. The lowest BCUT2D eigenvalue weighted by Gasteiger charge is -2.02. The first-order chi connectivity index (χ1) is 4.70. The summed E-state index contributed by atoms with van der Waals surface area (Å²) in [5.41, 5.74) is 0. The van der Waals surface area contributed by atoms with Crippen molar-refractivity contribution in [1.82, 2.24) is 0 Å². The van der Waals surface area contributed by atoms with Gasteiger partial charge in [0.15, 0.2) is 0 Å². The zero-order valence-corrected chi connectivity index (χ0v) is 8.12. The Morgan fingerprint density at radius 1 is 1.70 bits per heavy atom. The van der Waals surface area contributed by atoms with Crippen molar-refractivity contribution in [3.05, 3.63) is 10.6 Å². The van der Waals surface area contributed by atoms with Crippen LogP contribution in [0, 0.1) is 5.92 Å². The van der Waals surface area contributed by atoms with E-state index >= 15 is 0 Å². The zero-order valence-electron chi connectivity index (χ0n) is 6.53. The highest BCUT2D eigenvalue weighted by molar-refractivity contribution is 9.11. The second-order valence-corrected chi connectivity index (χ2v) is 3.55. The van der Waals surface area contributed by atoms with Gasteiger partial charge in [0.2, 0.25) is 0 Å². The smallest absolute Gasteiger partial charge is 0.121 e. The maximum Gasteiger partial charge on any atom is 0.121 e. The zero-order chi connectivity index (χ0) is 7.98. The summed E-state index contributed by atoms with van der Waals surface area (Å²) >= 11 is 3.12. The molecule has 0 rings (SSSR count). The lowest BCUT2D eigenvalue weighted by Crippen LogP contribution is -1.88. The van der Waals surface area contributed by atoms with Gasteiger partial charge in [-0.1, -0.05) is 42.3 Å². The molecule has 0 aliphatic carbocycles. The van der Waals surface area contributed by atoms with E-state index in [0.29, 0.717) is 10.4 Å². The topological polar surface area (TPSA) is 0 Å². The second-order valence-electron chi connectivity index (χ2n) is 2.53. The number of hydrogen-bond donors (Lipinski definition) is 0. The summed E-state index contributed by atoms with van der Waals surface area (Å²) in [7, 11) is 0. The third-order valence-electron chi connectivity index (χ3n) is 1.57. The van der Waals surface area contributed by atoms with Crippen molar-refractivity contribution >= 4 is 15.9 Å². The number of alkyl halides is 1. The van der Waals surface area contributed by atoms with Gasteiger partial charge in [-0.05, 0) is 12.3 Å². The minimum atomic E-state index is -0.379. The highest BCUT2D eigenvalue weighted by Gasteiger charge is 1.95. The normalized spacial score (nSPS) is 15.4. The first kappa shape index (κ1) is 10.2. The minimum Gasteiger partial charge on any atom is -0.245 e. The van der Waals surface area contributed by atoms with Crippen LogP contribution in [0.25, 0.3) is 0 Å². The molecule has 0 aromatic rings. The fourth-order valence-electron chi connectivity index (χ4n) is 0.550. The first-order valence-electron chi connectivity index (χ1n) is 3.61. The van der Waals surface area contributed by atoms with Crippen LogP contribution in [0.1, 0.15) is 26.7 Å². The Morgan fingerprint density at radius 2 is 2.30 bits per heavy atom. The quantitative estimate of drug-likeness (QED) is 0.662. The highest BCUT2D eigenvalue weighted by atomic mass is 79.9. The van der Waals surface area contributed by atoms with Crippen LogP contribution >= 0.6 is 15.9 Å². The summed E-state index contributed by atoms with van der Waals surface area (Å²) in [5, 5.41) is 0. The molecule has 0 fully saturated rings. The van der Waals surface area contributed by atoms with Crippen molar-refractivity contribution in [2.45, 2.75) is 26.7 Å². The Hall–Kier alpha value is 0.150. The highest BCUT2D eigenvalue weighted by Crippen LogP contribution is 2.12. The lowest BCUT2D eigenvalue weighted by atomic mass is 10.1. The summed E-state index contributed by atoms with van der Waals surface area (Å²) < 4.78 is 12.5. The largest absolute Gasteiger partial charge is 0.245 e. The van der Waals surface area contributed by atoms with Crippen LogP contribution in [-0.4, -0.2) is 6.67 Å². The van der Waals surface area contributed by atoms with Crippen molar-refractivity contribution in [1.29, 1.82) is 0 Å². The summed E-state index contributed by atoms with van der Waals surface area (Å²) in [6.07, 6.45) is 4.04. The summed E-state index contributed by atoms with van der Waals surface area (Å²) in [5.74, 6) is 0.666. The fourth-order valence-corrected chi connectivity index (χ4v) is 0.737. The van der Waals surface area contributed by atoms with Crippen LogP contribution in [0.5, 0.6) is 0 Å². The minimum absolute atomic E-state index is 0.379.